The minimum atomic E-state index is 0.673. The van der Waals surface area contributed by atoms with E-state index in [1.165, 1.54) is 6.33 Å². The van der Waals surface area contributed by atoms with Crippen LogP contribution in [0.5, 0.6) is 0 Å². The van der Waals surface area contributed by atoms with Crippen LogP contribution in [0.15, 0.2) is 30.9 Å². The molecule has 0 spiro atoms. The minimum absolute atomic E-state index is 0.673. The summed E-state index contributed by atoms with van der Waals surface area (Å²) in [5.41, 5.74) is 1.09. The van der Waals surface area contributed by atoms with Crippen molar-refractivity contribution in [2.24, 2.45) is 0 Å². The van der Waals surface area contributed by atoms with Crippen LogP contribution in [0.4, 0.5) is 0 Å². The van der Waals surface area contributed by atoms with Gasteiger partial charge in [-0.2, -0.15) is 0 Å². The SMILES string of the molecule is [c]1ncnc(Cc2cccnc2)n1. The molecule has 0 fully saturated rings. The summed E-state index contributed by atoms with van der Waals surface area (Å²) in [6, 6.07) is 3.87. The quantitative estimate of drug-likeness (QED) is 0.666. The molecular weight excluding hydrogens is 164 g/mol. The molecule has 0 aliphatic carbocycles. The third kappa shape index (κ3) is 2.05. The third-order valence-electron chi connectivity index (χ3n) is 1.59. The van der Waals surface area contributed by atoms with Gasteiger partial charge in [-0.25, -0.2) is 15.0 Å². The normalized spacial score (nSPS) is 9.85. The second kappa shape index (κ2) is 3.71. The number of rotatable bonds is 2. The van der Waals surface area contributed by atoms with Crippen molar-refractivity contribution in [1.82, 2.24) is 19.9 Å². The number of nitrogens with zero attached hydrogens (tertiary/aromatic N) is 4. The average molecular weight is 171 g/mol. The summed E-state index contributed by atoms with van der Waals surface area (Å²) in [6.07, 6.45) is 8.15. The maximum absolute atomic E-state index is 4.00. The van der Waals surface area contributed by atoms with E-state index in [1.807, 2.05) is 12.1 Å². The fraction of sp³-hybridized carbons (Fsp3) is 0.111. The Labute approximate surface area is 75.7 Å². The highest BCUT2D eigenvalue weighted by molar-refractivity contribution is 5.13. The van der Waals surface area contributed by atoms with Crippen LogP contribution in [0.25, 0.3) is 0 Å². The van der Waals surface area contributed by atoms with Crippen LogP contribution in [0.1, 0.15) is 11.4 Å². The summed E-state index contributed by atoms with van der Waals surface area (Å²) in [4.78, 5) is 15.5. The van der Waals surface area contributed by atoms with Crippen LogP contribution in [-0.4, -0.2) is 19.9 Å². The molecule has 2 rings (SSSR count). The zero-order valence-electron chi connectivity index (χ0n) is 6.88. The second-order valence-electron chi connectivity index (χ2n) is 2.54. The molecular formula is C9H7N4. The van der Waals surface area contributed by atoms with Crippen LogP contribution in [0.3, 0.4) is 0 Å². The molecule has 0 aliphatic rings. The van der Waals surface area contributed by atoms with E-state index in [0.717, 1.165) is 5.56 Å². The first-order chi connectivity index (χ1) is 6.45. The smallest absolute Gasteiger partial charge is 0.201 e. The molecule has 2 heterocycles. The highest BCUT2D eigenvalue weighted by atomic mass is 15.0. The first kappa shape index (κ1) is 7.79. The highest BCUT2D eigenvalue weighted by Crippen LogP contribution is 2.00. The molecule has 4 nitrogen and oxygen atoms in total. The Kier molecular flexibility index (Phi) is 2.22. The molecule has 2 aromatic heterocycles. The van der Waals surface area contributed by atoms with Gasteiger partial charge in [0, 0.05) is 18.8 Å². The van der Waals surface area contributed by atoms with Crippen LogP contribution in [0.2, 0.25) is 0 Å². The number of hydrogen-bond acceptors (Lipinski definition) is 4. The number of aromatic nitrogens is 4. The summed E-state index contributed by atoms with van der Waals surface area (Å²) in [5.74, 6) is 0.711. The largest absolute Gasteiger partial charge is 0.264 e. The third-order valence-corrected chi connectivity index (χ3v) is 1.59. The van der Waals surface area contributed by atoms with Crippen molar-refractivity contribution in [2.75, 3.05) is 0 Å². The lowest BCUT2D eigenvalue weighted by Gasteiger charge is -1.96. The maximum atomic E-state index is 4.00. The van der Waals surface area contributed by atoms with Gasteiger partial charge in [0.15, 0.2) is 0 Å². The Morgan fingerprint density at radius 3 is 3.08 bits per heavy atom. The Hall–Kier alpha value is -1.84. The molecule has 13 heavy (non-hydrogen) atoms. The van der Waals surface area contributed by atoms with Crippen LogP contribution < -0.4 is 0 Å². The van der Waals surface area contributed by atoms with Gasteiger partial charge in [0.2, 0.25) is 6.33 Å². The molecule has 0 aliphatic heterocycles. The van der Waals surface area contributed by atoms with E-state index in [-0.39, 0.29) is 0 Å². The molecule has 0 saturated heterocycles. The Balaban J connectivity index is 2.16. The standard InChI is InChI=1S/C9H7N4/c1-2-8(5-10-3-1)4-9-12-6-11-7-13-9/h1-3,5-6H,4H2. The van der Waals surface area contributed by atoms with Gasteiger partial charge in [0.25, 0.3) is 0 Å². The van der Waals surface area contributed by atoms with Crippen LogP contribution in [0, 0.1) is 6.33 Å². The molecule has 1 radical (unpaired) electrons. The maximum Gasteiger partial charge on any atom is 0.201 e. The zero-order valence-corrected chi connectivity index (χ0v) is 6.88. The van der Waals surface area contributed by atoms with E-state index in [9.17, 15) is 0 Å². The lowest BCUT2D eigenvalue weighted by Crippen LogP contribution is -1.96. The zero-order chi connectivity index (χ0) is 8.93. The molecule has 0 bridgehead atoms. The van der Waals surface area contributed by atoms with Crippen molar-refractivity contribution in [2.45, 2.75) is 6.42 Å². The van der Waals surface area contributed by atoms with E-state index in [0.29, 0.717) is 12.2 Å². The molecule has 0 unspecified atom stereocenters. The highest BCUT2D eigenvalue weighted by Gasteiger charge is 1.97. The fourth-order valence-corrected chi connectivity index (χ4v) is 1.01. The predicted molar refractivity (Wildman–Crippen MR) is 45.7 cm³/mol. The van der Waals surface area contributed by atoms with Crippen molar-refractivity contribution >= 4 is 0 Å². The Morgan fingerprint density at radius 2 is 2.38 bits per heavy atom. The van der Waals surface area contributed by atoms with Crippen molar-refractivity contribution in [3.8, 4) is 0 Å². The van der Waals surface area contributed by atoms with E-state index in [1.54, 1.807) is 12.4 Å². The minimum Gasteiger partial charge on any atom is -0.264 e. The fourth-order valence-electron chi connectivity index (χ4n) is 1.01. The van der Waals surface area contributed by atoms with Gasteiger partial charge in [-0.05, 0) is 11.6 Å². The summed E-state index contributed by atoms with van der Waals surface area (Å²) in [6.45, 7) is 0. The Bertz CT molecular complexity index is 322. The van der Waals surface area contributed by atoms with E-state index in [2.05, 4.69) is 26.3 Å². The Morgan fingerprint density at radius 1 is 1.38 bits per heavy atom. The monoisotopic (exact) mass is 171 g/mol. The summed E-state index contributed by atoms with van der Waals surface area (Å²) in [5, 5.41) is 0. The van der Waals surface area contributed by atoms with Gasteiger partial charge in [0.05, 0.1) is 0 Å². The first-order valence-electron chi connectivity index (χ1n) is 3.88. The van der Waals surface area contributed by atoms with Crippen molar-refractivity contribution in [3.63, 3.8) is 0 Å². The van der Waals surface area contributed by atoms with Gasteiger partial charge < -0.3 is 0 Å². The van der Waals surface area contributed by atoms with Crippen molar-refractivity contribution < 1.29 is 0 Å². The number of pyridine rings is 1. The molecule has 0 saturated carbocycles. The van der Waals surface area contributed by atoms with Gasteiger partial charge in [-0.15, -0.1) is 0 Å². The van der Waals surface area contributed by atoms with Crippen LogP contribution in [-0.2, 0) is 6.42 Å². The average Bonchev–Trinajstić information content (AvgIpc) is 2.21. The summed E-state index contributed by atoms with van der Waals surface area (Å²) >= 11 is 0. The lowest BCUT2D eigenvalue weighted by atomic mass is 10.2. The molecule has 2 aromatic rings. The molecule has 0 N–H and O–H groups in total. The molecule has 4 heteroatoms. The summed E-state index contributed by atoms with van der Waals surface area (Å²) in [7, 11) is 0. The van der Waals surface area contributed by atoms with E-state index >= 15 is 0 Å². The molecule has 0 atom stereocenters. The molecule has 0 aromatic carbocycles. The lowest BCUT2D eigenvalue weighted by molar-refractivity contribution is 0.907. The first-order valence-corrected chi connectivity index (χ1v) is 3.88. The topological polar surface area (TPSA) is 51.6 Å². The number of hydrogen-bond donors (Lipinski definition) is 0. The van der Waals surface area contributed by atoms with Crippen molar-refractivity contribution in [3.05, 3.63) is 48.6 Å². The van der Waals surface area contributed by atoms with E-state index < -0.39 is 0 Å². The van der Waals surface area contributed by atoms with Crippen LogP contribution >= 0.6 is 0 Å². The predicted octanol–water partition coefficient (Wildman–Crippen LogP) is 0.658. The molecule has 0 amide bonds. The van der Waals surface area contributed by atoms with E-state index in [4.69, 9.17) is 0 Å². The second-order valence-corrected chi connectivity index (χ2v) is 2.54. The summed E-state index contributed by atoms with van der Waals surface area (Å²) < 4.78 is 0. The van der Waals surface area contributed by atoms with Gasteiger partial charge in [-0.3, -0.25) is 4.98 Å². The van der Waals surface area contributed by atoms with Crippen molar-refractivity contribution in [1.29, 1.82) is 0 Å². The van der Waals surface area contributed by atoms with Gasteiger partial charge >= 0.3 is 0 Å². The molecule has 63 valence electrons. The van der Waals surface area contributed by atoms with Gasteiger partial charge in [-0.1, -0.05) is 6.07 Å². The van der Waals surface area contributed by atoms with Gasteiger partial charge in [0.1, 0.15) is 12.2 Å².